The Hall–Kier alpha value is -2.12. The number of carbonyl (C=O) groups is 3. The van der Waals surface area contributed by atoms with Crippen LogP contribution in [0.3, 0.4) is 0 Å². The summed E-state index contributed by atoms with van der Waals surface area (Å²) in [4.78, 5) is 42.4. The molecule has 33 heavy (non-hydrogen) atoms. The topological polar surface area (TPSA) is 95.7 Å². The number of rotatable bonds is 11. The van der Waals surface area contributed by atoms with E-state index >= 15 is 0 Å². The molecule has 7 nitrogen and oxygen atoms in total. The maximum absolute atomic E-state index is 13.4. The van der Waals surface area contributed by atoms with Crippen LogP contribution in [0.15, 0.2) is 24.3 Å². The summed E-state index contributed by atoms with van der Waals surface area (Å²) in [5.41, 5.74) is 6.43. The molecule has 1 aromatic carbocycles. The van der Waals surface area contributed by atoms with E-state index in [-0.39, 0.29) is 42.6 Å². The third-order valence-corrected chi connectivity index (χ3v) is 5.99. The van der Waals surface area contributed by atoms with Crippen molar-refractivity contribution in [2.24, 2.45) is 17.6 Å². The minimum absolute atomic E-state index is 0.00137. The third kappa shape index (κ3) is 8.63. The lowest BCUT2D eigenvalue weighted by Crippen LogP contribution is -2.50. The molecule has 1 aliphatic heterocycles. The summed E-state index contributed by atoms with van der Waals surface area (Å²) in [6.45, 7) is 10.2. The lowest BCUT2D eigenvalue weighted by Gasteiger charge is -2.32. The predicted molar refractivity (Wildman–Crippen MR) is 132 cm³/mol. The van der Waals surface area contributed by atoms with Gasteiger partial charge in [0.25, 0.3) is 0 Å². The smallest absolute Gasteiger partial charge is 0.245 e. The lowest BCUT2D eigenvalue weighted by atomic mass is 10.0. The molecule has 2 rings (SSSR count). The minimum atomic E-state index is -0.686. The minimum Gasteiger partial charge on any atom is -0.344 e. The number of amides is 3. The second-order valence-electron chi connectivity index (χ2n) is 9.75. The van der Waals surface area contributed by atoms with Crippen molar-refractivity contribution in [2.75, 3.05) is 26.2 Å². The Kier molecular flexibility index (Phi) is 10.6. The second-order valence-corrected chi connectivity index (χ2v) is 10.2. The Morgan fingerprint density at radius 1 is 1.15 bits per heavy atom. The maximum Gasteiger partial charge on any atom is 0.245 e. The van der Waals surface area contributed by atoms with Gasteiger partial charge in [-0.2, -0.15) is 0 Å². The molecule has 0 aromatic heterocycles. The third-order valence-electron chi connectivity index (χ3n) is 5.74. The molecule has 1 heterocycles. The Morgan fingerprint density at radius 2 is 1.82 bits per heavy atom. The van der Waals surface area contributed by atoms with E-state index in [1.807, 2.05) is 30.9 Å². The fourth-order valence-corrected chi connectivity index (χ4v) is 4.31. The van der Waals surface area contributed by atoms with E-state index in [0.29, 0.717) is 43.4 Å². The summed E-state index contributed by atoms with van der Waals surface area (Å²) < 4.78 is 0. The van der Waals surface area contributed by atoms with E-state index in [0.717, 1.165) is 12.0 Å². The fraction of sp³-hybridized carbons (Fsp3) is 0.640. The zero-order chi connectivity index (χ0) is 24.5. The van der Waals surface area contributed by atoms with Crippen LogP contribution in [0.4, 0.5) is 0 Å². The summed E-state index contributed by atoms with van der Waals surface area (Å²) >= 11 is 5.99. The monoisotopic (exact) mass is 478 g/mol. The molecule has 2 atom stereocenters. The number of hydrogen-bond donors (Lipinski definition) is 2. The number of nitrogens with one attached hydrogen (secondary N) is 1. The Labute approximate surface area is 203 Å². The highest BCUT2D eigenvalue weighted by molar-refractivity contribution is 6.30. The van der Waals surface area contributed by atoms with Crippen LogP contribution in [0.5, 0.6) is 0 Å². The van der Waals surface area contributed by atoms with Crippen molar-refractivity contribution in [1.29, 1.82) is 0 Å². The van der Waals surface area contributed by atoms with Gasteiger partial charge < -0.3 is 20.9 Å². The van der Waals surface area contributed by atoms with Crippen molar-refractivity contribution in [1.82, 2.24) is 15.1 Å². The normalized spacial score (nSPS) is 16.8. The van der Waals surface area contributed by atoms with E-state index in [1.54, 1.807) is 17.0 Å². The van der Waals surface area contributed by atoms with E-state index in [4.69, 9.17) is 17.3 Å². The van der Waals surface area contributed by atoms with Crippen molar-refractivity contribution in [3.63, 3.8) is 0 Å². The SMILES string of the molecule is CC(C)CC(=O)N(CC(C)C)[C@H]1CCN(C(=O)[C@@H](Cc2ccc(Cl)cc2)NC(=O)CCN)C1. The second kappa shape index (κ2) is 12.9. The number of carbonyl (C=O) groups excluding carboxylic acids is 3. The van der Waals surface area contributed by atoms with Gasteiger partial charge in [0.05, 0.1) is 6.04 Å². The van der Waals surface area contributed by atoms with Crippen LogP contribution in [0.25, 0.3) is 0 Å². The molecule has 3 amide bonds. The standard InChI is InChI=1S/C25H39ClN4O3/c1-17(2)13-24(32)30(15-18(3)4)21-10-12-29(16-21)25(33)22(28-23(31)9-11-27)14-19-5-7-20(26)8-6-19/h5-8,17-18,21-22H,9-16,27H2,1-4H3,(H,28,31)/t21-,22+/m0/s1. The molecule has 1 saturated heterocycles. The first kappa shape index (κ1) is 27.1. The molecule has 3 N–H and O–H groups in total. The highest BCUT2D eigenvalue weighted by atomic mass is 35.5. The van der Waals surface area contributed by atoms with Gasteiger partial charge in [-0.1, -0.05) is 51.4 Å². The van der Waals surface area contributed by atoms with Crippen molar-refractivity contribution in [3.05, 3.63) is 34.9 Å². The van der Waals surface area contributed by atoms with Gasteiger partial charge in [0.1, 0.15) is 6.04 Å². The van der Waals surface area contributed by atoms with Crippen LogP contribution < -0.4 is 11.1 Å². The van der Waals surface area contributed by atoms with Gasteiger partial charge in [0.15, 0.2) is 0 Å². The van der Waals surface area contributed by atoms with Crippen LogP contribution in [-0.2, 0) is 20.8 Å². The van der Waals surface area contributed by atoms with Crippen molar-refractivity contribution in [2.45, 2.75) is 65.5 Å². The number of nitrogens with zero attached hydrogens (tertiary/aromatic N) is 2. The quantitative estimate of drug-likeness (QED) is 0.511. The van der Waals surface area contributed by atoms with E-state index in [2.05, 4.69) is 19.2 Å². The van der Waals surface area contributed by atoms with Crippen LogP contribution in [0.2, 0.25) is 5.02 Å². The molecule has 184 valence electrons. The molecular weight excluding hydrogens is 440 g/mol. The highest BCUT2D eigenvalue weighted by Gasteiger charge is 2.36. The molecule has 1 aromatic rings. The van der Waals surface area contributed by atoms with Gasteiger partial charge in [0.2, 0.25) is 17.7 Å². The average molecular weight is 479 g/mol. The first-order valence-corrected chi connectivity index (χ1v) is 12.3. The molecule has 0 saturated carbocycles. The van der Waals surface area contributed by atoms with Crippen molar-refractivity contribution >= 4 is 29.3 Å². The highest BCUT2D eigenvalue weighted by Crippen LogP contribution is 2.21. The molecule has 0 bridgehead atoms. The number of likely N-dealkylation sites (tertiary alicyclic amines) is 1. The molecular formula is C25H39ClN4O3. The summed E-state index contributed by atoms with van der Waals surface area (Å²) in [7, 11) is 0. The van der Waals surface area contributed by atoms with Crippen LogP contribution >= 0.6 is 11.6 Å². The molecule has 0 unspecified atom stereocenters. The van der Waals surface area contributed by atoms with E-state index < -0.39 is 6.04 Å². The van der Waals surface area contributed by atoms with Crippen molar-refractivity contribution < 1.29 is 14.4 Å². The largest absolute Gasteiger partial charge is 0.344 e. The summed E-state index contributed by atoms with van der Waals surface area (Å²) in [6, 6.07) is 6.58. The summed E-state index contributed by atoms with van der Waals surface area (Å²) in [5.74, 6) is 0.409. The number of nitrogens with two attached hydrogens (primary N) is 1. The summed E-state index contributed by atoms with van der Waals surface area (Å²) in [5, 5.41) is 3.48. The average Bonchev–Trinajstić information content (AvgIpc) is 3.22. The Bertz CT molecular complexity index is 797. The lowest BCUT2D eigenvalue weighted by molar-refractivity contribution is -0.137. The van der Waals surface area contributed by atoms with Gasteiger partial charge in [-0.3, -0.25) is 14.4 Å². The van der Waals surface area contributed by atoms with Crippen LogP contribution in [0, 0.1) is 11.8 Å². The van der Waals surface area contributed by atoms with E-state index in [1.165, 1.54) is 0 Å². The zero-order valence-electron chi connectivity index (χ0n) is 20.4. The Morgan fingerprint density at radius 3 is 2.39 bits per heavy atom. The molecule has 0 radical (unpaired) electrons. The predicted octanol–water partition coefficient (Wildman–Crippen LogP) is 2.85. The fourth-order valence-electron chi connectivity index (χ4n) is 4.19. The van der Waals surface area contributed by atoms with E-state index in [9.17, 15) is 14.4 Å². The molecule has 1 aliphatic rings. The maximum atomic E-state index is 13.4. The zero-order valence-corrected chi connectivity index (χ0v) is 21.1. The molecule has 8 heteroatoms. The van der Waals surface area contributed by atoms with Crippen molar-refractivity contribution in [3.8, 4) is 0 Å². The van der Waals surface area contributed by atoms with Gasteiger partial charge in [-0.25, -0.2) is 0 Å². The van der Waals surface area contributed by atoms with Crippen LogP contribution in [-0.4, -0.2) is 65.8 Å². The Balaban J connectivity index is 2.13. The first-order chi connectivity index (χ1) is 15.6. The van der Waals surface area contributed by atoms with Crippen LogP contribution in [0.1, 0.15) is 52.5 Å². The number of hydrogen-bond acceptors (Lipinski definition) is 4. The van der Waals surface area contributed by atoms with Gasteiger partial charge in [-0.05, 0) is 36.0 Å². The van der Waals surface area contributed by atoms with Gasteiger partial charge >= 0.3 is 0 Å². The van der Waals surface area contributed by atoms with Gasteiger partial charge in [0, 0.05) is 50.5 Å². The molecule has 1 fully saturated rings. The number of benzene rings is 1. The van der Waals surface area contributed by atoms with Gasteiger partial charge in [-0.15, -0.1) is 0 Å². The molecule has 0 spiro atoms. The summed E-state index contributed by atoms with van der Waals surface area (Å²) in [6.07, 6.45) is 1.78. The number of halogens is 1. The molecule has 0 aliphatic carbocycles. The first-order valence-electron chi connectivity index (χ1n) is 11.9.